The zero-order valence-corrected chi connectivity index (χ0v) is 7.34. The molecule has 66 valence electrons. The van der Waals surface area contributed by atoms with Crippen molar-refractivity contribution >= 4 is 5.97 Å². The first kappa shape index (κ1) is 10.4. The molecule has 0 aromatic carbocycles. The SMILES string of the molecule is CNC(C)(C)C(O)C(=O)OC. The molecule has 1 unspecified atom stereocenters. The van der Waals surface area contributed by atoms with Gasteiger partial charge in [0, 0.05) is 5.54 Å². The van der Waals surface area contributed by atoms with Crippen molar-refractivity contribution in [2.75, 3.05) is 14.2 Å². The molecule has 0 radical (unpaired) electrons. The van der Waals surface area contributed by atoms with Gasteiger partial charge in [-0.15, -0.1) is 0 Å². The summed E-state index contributed by atoms with van der Waals surface area (Å²) in [6.07, 6.45) is -1.13. The molecule has 11 heavy (non-hydrogen) atoms. The number of carbonyl (C=O) groups excluding carboxylic acids is 1. The van der Waals surface area contributed by atoms with E-state index in [2.05, 4.69) is 10.1 Å². The van der Waals surface area contributed by atoms with Crippen LogP contribution in [0.3, 0.4) is 0 Å². The van der Waals surface area contributed by atoms with E-state index < -0.39 is 17.6 Å². The number of aliphatic hydroxyl groups is 1. The lowest BCUT2D eigenvalue weighted by Crippen LogP contribution is -2.51. The van der Waals surface area contributed by atoms with Crippen molar-refractivity contribution in [2.24, 2.45) is 0 Å². The third kappa shape index (κ3) is 2.48. The number of hydrogen-bond donors (Lipinski definition) is 2. The molecule has 0 saturated heterocycles. The van der Waals surface area contributed by atoms with Crippen LogP contribution in [-0.2, 0) is 9.53 Å². The van der Waals surface area contributed by atoms with Crippen LogP contribution in [0.4, 0.5) is 0 Å². The second-order valence-corrected chi connectivity index (χ2v) is 2.90. The predicted octanol–water partition coefficient (Wildman–Crippen LogP) is -0.482. The second kappa shape index (κ2) is 3.69. The van der Waals surface area contributed by atoms with Gasteiger partial charge < -0.3 is 15.2 Å². The van der Waals surface area contributed by atoms with Gasteiger partial charge in [-0.1, -0.05) is 0 Å². The topological polar surface area (TPSA) is 58.6 Å². The van der Waals surface area contributed by atoms with Crippen molar-refractivity contribution in [1.82, 2.24) is 5.32 Å². The fourth-order valence-corrected chi connectivity index (χ4v) is 0.543. The average Bonchev–Trinajstić information content (AvgIpc) is 2.01. The highest BCUT2D eigenvalue weighted by Crippen LogP contribution is 2.08. The van der Waals surface area contributed by atoms with E-state index in [0.29, 0.717) is 0 Å². The van der Waals surface area contributed by atoms with Crippen LogP contribution in [0.2, 0.25) is 0 Å². The lowest BCUT2D eigenvalue weighted by atomic mass is 9.98. The normalized spacial score (nSPS) is 14.3. The molecule has 2 N–H and O–H groups in total. The van der Waals surface area contributed by atoms with Gasteiger partial charge in [-0.3, -0.25) is 0 Å². The van der Waals surface area contributed by atoms with Crippen molar-refractivity contribution in [1.29, 1.82) is 0 Å². The van der Waals surface area contributed by atoms with Crippen LogP contribution in [0.25, 0.3) is 0 Å². The zero-order valence-electron chi connectivity index (χ0n) is 7.34. The minimum absolute atomic E-state index is 0.621. The summed E-state index contributed by atoms with van der Waals surface area (Å²) in [5.74, 6) is -0.621. The number of rotatable bonds is 3. The van der Waals surface area contributed by atoms with Crippen LogP contribution >= 0.6 is 0 Å². The number of carbonyl (C=O) groups is 1. The summed E-state index contributed by atoms with van der Waals surface area (Å²) in [7, 11) is 2.92. The number of nitrogens with one attached hydrogen (secondary N) is 1. The van der Waals surface area contributed by atoms with E-state index in [1.807, 2.05) is 0 Å². The molecule has 0 aliphatic heterocycles. The van der Waals surface area contributed by atoms with Crippen LogP contribution in [-0.4, -0.2) is 36.9 Å². The van der Waals surface area contributed by atoms with Crippen molar-refractivity contribution in [3.63, 3.8) is 0 Å². The van der Waals surface area contributed by atoms with Gasteiger partial charge in [-0.25, -0.2) is 4.79 Å². The summed E-state index contributed by atoms with van der Waals surface area (Å²) >= 11 is 0. The Morgan fingerprint density at radius 1 is 1.64 bits per heavy atom. The first-order valence-corrected chi connectivity index (χ1v) is 3.40. The predicted molar refractivity (Wildman–Crippen MR) is 41.2 cm³/mol. The van der Waals surface area contributed by atoms with Gasteiger partial charge in [-0.2, -0.15) is 0 Å². The maximum Gasteiger partial charge on any atom is 0.336 e. The molecule has 0 aromatic rings. The highest BCUT2D eigenvalue weighted by atomic mass is 16.5. The van der Waals surface area contributed by atoms with E-state index in [1.165, 1.54) is 7.11 Å². The molecule has 0 aliphatic rings. The van der Waals surface area contributed by atoms with Crippen molar-refractivity contribution in [2.45, 2.75) is 25.5 Å². The quantitative estimate of drug-likeness (QED) is 0.549. The lowest BCUT2D eigenvalue weighted by Gasteiger charge is -2.27. The minimum atomic E-state index is -1.13. The first-order valence-electron chi connectivity index (χ1n) is 3.40. The highest BCUT2D eigenvalue weighted by Gasteiger charge is 2.32. The Balaban J connectivity index is 4.22. The van der Waals surface area contributed by atoms with E-state index in [1.54, 1.807) is 20.9 Å². The summed E-state index contributed by atoms with van der Waals surface area (Å²) in [6, 6.07) is 0. The number of methoxy groups -OCH3 is 1. The number of likely N-dealkylation sites (N-methyl/N-ethyl adjacent to an activating group) is 1. The van der Waals surface area contributed by atoms with Gasteiger partial charge in [0.25, 0.3) is 0 Å². The Labute approximate surface area is 66.5 Å². The van der Waals surface area contributed by atoms with E-state index >= 15 is 0 Å². The molecule has 0 rings (SSSR count). The maximum absolute atomic E-state index is 10.8. The summed E-state index contributed by atoms with van der Waals surface area (Å²) in [5, 5.41) is 12.1. The Kier molecular flexibility index (Phi) is 3.48. The van der Waals surface area contributed by atoms with Crippen molar-refractivity contribution in [3.05, 3.63) is 0 Å². The highest BCUT2D eigenvalue weighted by molar-refractivity contribution is 5.75. The molecule has 4 heteroatoms. The Morgan fingerprint density at radius 3 is 2.36 bits per heavy atom. The summed E-state index contributed by atoms with van der Waals surface area (Å²) in [6.45, 7) is 3.43. The number of esters is 1. The summed E-state index contributed by atoms with van der Waals surface area (Å²) in [4.78, 5) is 10.8. The van der Waals surface area contributed by atoms with Crippen LogP contribution in [0, 0.1) is 0 Å². The van der Waals surface area contributed by atoms with Gasteiger partial charge in [0.15, 0.2) is 6.10 Å². The molecule has 0 amide bonds. The molecule has 0 heterocycles. The fourth-order valence-electron chi connectivity index (χ4n) is 0.543. The zero-order chi connectivity index (χ0) is 9.07. The van der Waals surface area contributed by atoms with Crippen LogP contribution in [0.15, 0.2) is 0 Å². The Hall–Kier alpha value is -0.610. The Morgan fingerprint density at radius 2 is 2.09 bits per heavy atom. The van der Waals surface area contributed by atoms with E-state index in [-0.39, 0.29) is 0 Å². The van der Waals surface area contributed by atoms with Crippen LogP contribution in [0.5, 0.6) is 0 Å². The van der Waals surface area contributed by atoms with Gasteiger partial charge in [0.2, 0.25) is 0 Å². The van der Waals surface area contributed by atoms with Gasteiger partial charge in [-0.05, 0) is 20.9 Å². The van der Waals surface area contributed by atoms with E-state index in [4.69, 9.17) is 0 Å². The first-order chi connectivity index (χ1) is 4.95. The molecule has 0 aliphatic carbocycles. The third-order valence-corrected chi connectivity index (χ3v) is 1.75. The standard InChI is InChI=1S/C7H15NO3/c1-7(2,8-3)5(9)6(10)11-4/h5,8-9H,1-4H3. The average molecular weight is 161 g/mol. The smallest absolute Gasteiger partial charge is 0.336 e. The van der Waals surface area contributed by atoms with Crippen molar-refractivity contribution < 1.29 is 14.6 Å². The number of aliphatic hydroxyl groups excluding tert-OH is 1. The van der Waals surface area contributed by atoms with Crippen LogP contribution in [0.1, 0.15) is 13.8 Å². The van der Waals surface area contributed by atoms with E-state index in [0.717, 1.165) is 0 Å². The maximum atomic E-state index is 10.8. The fraction of sp³-hybridized carbons (Fsp3) is 0.857. The van der Waals surface area contributed by atoms with Crippen LogP contribution < -0.4 is 5.32 Å². The minimum Gasteiger partial charge on any atom is -0.467 e. The second-order valence-electron chi connectivity index (χ2n) is 2.90. The van der Waals surface area contributed by atoms with E-state index in [9.17, 15) is 9.90 Å². The van der Waals surface area contributed by atoms with Gasteiger partial charge in [0.05, 0.1) is 7.11 Å². The van der Waals surface area contributed by atoms with Crippen molar-refractivity contribution in [3.8, 4) is 0 Å². The monoisotopic (exact) mass is 161 g/mol. The largest absolute Gasteiger partial charge is 0.467 e. The van der Waals surface area contributed by atoms with Gasteiger partial charge >= 0.3 is 5.97 Å². The molecular formula is C7H15NO3. The molecule has 0 bridgehead atoms. The molecule has 4 nitrogen and oxygen atoms in total. The third-order valence-electron chi connectivity index (χ3n) is 1.75. The molecule has 0 fully saturated rings. The molecule has 1 atom stereocenters. The molecular weight excluding hydrogens is 146 g/mol. The molecule has 0 saturated carbocycles. The van der Waals surface area contributed by atoms with Gasteiger partial charge in [0.1, 0.15) is 0 Å². The molecule has 0 aromatic heterocycles. The number of hydrogen-bond acceptors (Lipinski definition) is 4. The lowest BCUT2D eigenvalue weighted by molar-refractivity contribution is -0.154. The number of ether oxygens (including phenoxy) is 1. The summed E-state index contributed by atoms with van der Waals surface area (Å²) < 4.78 is 4.37. The summed E-state index contributed by atoms with van der Waals surface area (Å²) in [5.41, 5.74) is -0.646. The molecule has 0 spiro atoms. The Bertz CT molecular complexity index is 145.